The monoisotopic (exact) mass is 276 g/mol. The zero-order valence-corrected chi connectivity index (χ0v) is 13.2. The molecule has 110 valence electrons. The van der Waals surface area contributed by atoms with Crippen molar-refractivity contribution in [2.75, 3.05) is 0 Å². The van der Waals surface area contributed by atoms with Gasteiger partial charge in [-0.05, 0) is 59.2 Å². The highest BCUT2D eigenvalue weighted by atomic mass is 16.6. The molecule has 0 aliphatic rings. The van der Waals surface area contributed by atoms with Crippen LogP contribution in [0.25, 0.3) is 0 Å². The second-order valence-electron chi connectivity index (χ2n) is 6.42. The molecule has 0 atom stereocenters. The van der Waals surface area contributed by atoms with Gasteiger partial charge < -0.3 is 9.47 Å². The van der Waals surface area contributed by atoms with Crippen LogP contribution in [0, 0.1) is 0 Å². The lowest BCUT2D eigenvalue weighted by Gasteiger charge is -2.26. The summed E-state index contributed by atoms with van der Waals surface area (Å²) in [5, 5.41) is 0. The van der Waals surface area contributed by atoms with Crippen molar-refractivity contribution in [1.82, 2.24) is 0 Å². The smallest absolute Gasteiger partial charge is 0.333 e. The molecule has 0 N–H and O–H groups in total. The predicted molar refractivity (Wildman–Crippen MR) is 80.8 cm³/mol. The minimum Gasteiger partial charge on any atom is -0.488 e. The number of esters is 1. The molecule has 3 heteroatoms. The highest BCUT2D eigenvalue weighted by Crippen LogP contribution is 2.28. The van der Waals surface area contributed by atoms with Crippen molar-refractivity contribution in [1.29, 1.82) is 0 Å². The second-order valence-corrected chi connectivity index (χ2v) is 6.42. The van der Waals surface area contributed by atoms with Gasteiger partial charge in [0.1, 0.15) is 17.0 Å². The van der Waals surface area contributed by atoms with Crippen molar-refractivity contribution >= 4 is 5.97 Å². The Morgan fingerprint density at radius 1 is 1.05 bits per heavy atom. The molecule has 0 heterocycles. The first kappa shape index (κ1) is 16.3. The van der Waals surface area contributed by atoms with Gasteiger partial charge in [0.2, 0.25) is 0 Å². The van der Waals surface area contributed by atoms with Gasteiger partial charge in [-0.3, -0.25) is 0 Å². The summed E-state index contributed by atoms with van der Waals surface area (Å²) in [4.78, 5) is 11.6. The third-order valence-corrected chi connectivity index (χ3v) is 2.67. The quantitative estimate of drug-likeness (QED) is 0.610. The van der Waals surface area contributed by atoms with E-state index in [1.807, 2.05) is 58.9 Å². The molecule has 0 amide bonds. The highest BCUT2D eigenvalue weighted by Gasteiger charge is 2.25. The molecular weight excluding hydrogens is 252 g/mol. The van der Waals surface area contributed by atoms with Crippen molar-refractivity contribution in [2.45, 2.75) is 52.7 Å². The number of hydrogen-bond donors (Lipinski definition) is 0. The summed E-state index contributed by atoms with van der Waals surface area (Å²) in [5.74, 6) is 0.410. The third-order valence-electron chi connectivity index (χ3n) is 2.67. The lowest BCUT2D eigenvalue weighted by Crippen LogP contribution is -2.26. The SMILES string of the molecule is C=C(C)C(=O)OC(C)(C)c1ccc(OC(C)(C)C)cc1. The first-order chi connectivity index (χ1) is 9.01. The van der Waals surface area contributed by atoms with Crippen LogP contribution in [-0.2, 0) is 15.1 Å². The summed E-state index contributed by atoms with van der Waals surface area (Å²) in [7, 11) is 0. The Balaban J connectivity index is 2.86. The maximum Gasteiger partial charge on any atom is 0.333 e. The fourth-order valence-corrected chi connectivity index (χ4v) is 1.66. The van der Waals surface area contributed by atoms with Crippen LogP contribution < -0.4 is 4.74 Å². The fraction of sp³-hybridized carbons (Fsp3) is 0.471. The van der Waals surface area contributed by atoms with Gasteiger partial charge in [0.05, 0.1) is 0 Å². The lowest BCUT2D eigenvalue weighted by atomic mass is 9.98. The number of carbonyl (C=O) groups excluding carboxylic acids is 1. The molecule has 0 bridgehead atoms. The van der Waals surface area contributed by atoms with Crippen molar-refractivity contribution < 1.29 is 14.3 Å². The molecule has 0 fully saturated rings. The predicted octanol–water partition coefficient (Wildman–Crippen LogP) is 4.22. The average molecular weight is 276 g/mol. The van der Waals surface area contributed by atoms with Crippen molar-refractivity contribution in [3.63, 3.8) is 0 Å². The zero-order valence-electron chi connectivity index (χ0n) is 13.2. The van der Waals surface area contributed by atoms with E-state index in [0.29, 0.717) is 5.57 Å². The van der Waals surface area contributed by atoms with E-state index >= 15 is 0 Å². The topological polar surface area (TPSA) is 35.5 Å². The Kier molecular flexibility index (Phi) is 4.64. The minimum absolute atomic E-state index is 0.233. The van der Waals surface area contributed by atoms with E-state index in [1.54, 1.807) is 6.92 Å². The van der Waals surface area contributed by atoms with Crippen LogP contribution in [0.1, 0.15) is 47.1 Å². The molecule has 0 saturated heterocycles. The van der Waals surface area contributed by atoms with Crippen LogP contribution in [0.15, 0.2) is 36.4 Å². The molecule has 0 aliphatic heterocycles. The Labute approximate surface area is 121 Å². The van der Waals surface area contributed by atoms with Gasteiger partial charge in [0, 0.05) is 5.57 Å². The highest BCUT2D eigenvalue weighted by molar-refractivity contribution is 5.87. The normalized spacial score (nSPS) is 11.9. The summed E-state index contributed by atoms with van der Waals surface area (Å²) >= 11 is 0. The van der Waals surface area contributed by atoms with E-state index < -0.39 is 5.60 Å². The van der Waals surface area contributed by atoms with E-state index in [0.717, 1.165) is 11.3 Å². The van der Waals surface area contributed by atoms with Crippen LogP contribution in [-0.4, -0.2) is 11.6 Å². The summed E-state index contributed by atoms with van der Waals surface area (Å²) < 4.78 is 11.2. The van der Waals surface area contributed by atoms with Crippen LogP contribution in [0.4, 0.5) is 0 Å². The minimum atomic E-state index is -0.698. The molecule has 1 rings (SSSR count). The molecule has 0 saturated carbocycles. The van der Waals surface area contributed by atoms with Gasteiger partial charge in [-0.1, -0.05) is 18.7 Å². The van der Waals surface area contributed by atoms with Crippen molar-refractivity contribution in [3.05, 3.63) is 42.0 Å². The number of carbonyl (C=O) groups is 1. The van der Waals surface area contributed by atoms with E-state index in [1.165, 1.54) is 0 Å². The molecule has 1 aromatic rings. The van der Waals surface area contributed by atoms with Crippen molar-refractivity contribution in [3.8, 4) is 5.75 Å². The summed E-state index contributed by atoms with van der Waals surface area (Å²) in [6.07, 6.45) is 0. The average Bonchev–Trinajstić information content (AvgIpc) is 2.26. The molecule has 3 nitrogen and oxygen atoms in total. The molecule has 0 unspecified atom stereocenters. The Bertz CT molecular complexity index is 490. The number of ether oxygens (including phenoxy) is 2. The summed E-state index contributed by atoms with van der Waals surface area (Å²) in [6, 6.07) is 7.59. The fourth-order valence-electron chi connectivity index (χ4n) is 1.66. The van der Waals surface area contributed by atoms with Gasteiger partial charge in [-0.25, -0.2) is 4.79 Å². The van der Waals surface area contributed by atoms with Crippen LogP contribution in [0.2, 0.25) is 0 Å². The number of benzene rings is 1. The number of rotatable bonds is 4. The van der Waals surface area contributed by atoms with E-state index in [4.69, 9.17) is 9.47 Å². The largest absolute Gasteiger partial charge is 0.488 e. The molecular formula is C17H24O3. The summed E-state index contributed by atoms with van der Waals surface area (Å²) in [6.45, 7) is 14.9. The standard InChI is InChI=1S/C17H24O3/c1-12(2)15(18)20-17(6,7)13-8-10-14(11-9-13)19-16(3,4)5/h8-11H,1H2,2-7H3. The van der Waals surface area contributed by atoms with Gasteiger partial charge in [0.25, 0.3) is 0 Å². The van der Waals surface area contributed by atoms with Crippen LogP contribution >= 0.6 is 0 Å². The summed E-state index contributed by atoms with van der Waals surface area (Å²) in [5.41, 5.74) is 0.374. The zero-order chi connectivity index (χ0) is 15.6. The van der Waals surface area contributed by atoms with Gasteiger partial charge in [0.15, 0.2) is 0 Å². The van der Waals surface area contributed by atoms with Gasteiger partial charge in [-0.15, -0.1) is 0 Å². The Morgan fingerprint density at radius 2 is 1.55 bits per heavy atom. The first-order valence-electron chi connectivity index (χ1n) is 6.70. The van der Waals surface area contributed by atoms with Crippen molar-refractivity contribution in [2.24, 2.45) is 0 Å². The van der Waals surface area contributed by atoms with Gasteiger partial charge in [-0.2, -0.15) is 0 Å². The molecule has 1 aromatic carbocycles. The second kappa shape index (κ2) is 5.70. The number of hydrogen-bond acceptors (Lipinski definition) is 3. The van der Waals surface area contributed by atoms with Crippen LogP contribution in [0.5, 0.6) is 5.75 Å². The van der Waals surface area contributed by atoms with E-state index in [2.05, 4.69) is 6.58 Å². The molecule has 0 aromatic heterocycles. The lowest BCUT2D eigenvalue weighted by molar-refractivity contribution is -0.152. The van der Waals surface area contributed by atoms with Gasteiger partial charge >= 0.3 is 5.97 Å². The molecule has 0 spiro atoms. The van der Waals surface area contributed by atoms with Crippen LogP contribution in [0.3, 0.4) is 0 Å². The maximum atomic E-state index is 11.6. The molecule has 0 aliphatic carbocycles. The third kappa shape index (κ3) is 4.72. The molecule has 20 heavy (non-hydrogen) atoms. The Hall–Kier alpha value is -1.77. The maximum absolute atomic E-state index is 11.6. The Morgan fingerprint density at radius 3 is 1.95 bits per heavy atom. The van der Waals surface area contributed by atoms with E-state index in [-0.39, 0.29) is 11.6 Å². The van der Waals surface area contributed by atoms with E-state index in [9.17, 15) is 4.79 Å². The first-order valence-corrected chi connectivity index (χ1v) is 6.70. The molecule has 0 radical (unpaired) electrons.